The highest BCUT2D eigenvalue weighted by Crippen LogP contribution is 2.34. The van der Waals surface area contributed by atoms with Gasteiger partial charge in [0.05, 0.1) is 9.79 Å². The van der Waals surface area contributed by atoms with Gasteiger partial charge < -0.3 is 10.3 Å². The lowest BCUT2D eigenvalue weighted by molar-refractivity contribution is 0.0945. The number of aromatic amines is 1. The van der Waals surface area contributed by atoms with Crippen LogP contribution in [0.1, 0.15) is 34.5 Å². The lowest BCUT2D eigenvalue weighted by Gasteiger charge is -2.10. The fourth-order valence-corrected chi connectivity index (χ4v) is 7.26. The van der Waals surface area contributed by atoms with Crippen LogP contribution in [0.3, 0.4) is 0 Å². The van der Waals surface area contributed by atoms with E-state index in [9.17, 15) is 26.0 Å². The van der Waals surface area contributed by atoms with E-state index >= 15 is 0 Å². The number of halogens is 2. The van der Waals surface area contributed by atoms with Crippen LogP contribution in [-0.2, 0) is 19.9 Å². The van der Waals surface area contributed by atoms with E-state index in [1.807, 2.05) is 6.07 Å². The summed E-state index contributed by atoms with van der Waals surface area (Å²) in [5.74, 6) is -1.15. The Morgan fingerprint density at radius 2 is 1.51 bits per heavy atom. The fraction of sp³-hybridized carbons (Fsp3) is 0.222. The van der Waals surface area contributed by atoms with Gasteiger partial charge in [-0.3, -0.25) is 4.79 Å². The van der Waals surface area contributed by atoms with E-state index in [-0.39, 0.29) is 33.5 Å². The summed E-state index contributed by atoms with van der Waals surface area (Å²) in [6.07, 6.45) is 0.819. The highest BCUT2D eigenvalue weighted by molar-refractivity contribution is 7.91. The number of hydrogen-bond donors (Lipinski definition) is 3. The number of fused-ring (bicyclic) bond motifs is 1. The molecule has 3 N–H and O–H groups in total. The molecule has 0 radical (unpaired) electrons. The molecule has 3 aromatic carbocycles. The van der Waals surface area contributed by atoms with Crippen LogP contribution in [0.2, 0.25) is 5.02 Å². The van der Waals surface area contributed by atoms with Gasteiger partial charge >= 0.3 is 0 Å². The summed E-state index contributed by atoms with van der Waals surface area (Å²) < 4.78 is 67.6. The number of sulfonamides is 1. The van der Waals surface area contributed by atoms with Crippen LogP contribution in [0.25, 0.3) is 10.9 Å². The number of aryl methyl sites for hydroxylation is 2. The topological polar surface area (TPSA) is 125 Å². The number of rotatable bonds is 10. The van der Waals surface area contributed by atoms with Crippen LogP contribution in [0, 0.1) is 19.7 Å². The second kappa shape index (κ2) is 11.5. The Kier molecular flexibility index (Phi) is 8.45. The molecular formula is C27H27ClFN3O5S2. The zero-order valence-electron chi connectivity index (χ0n) is 21.2. The molecule has 1 amide bonds. The van der Waals surface area contributed by atoms with Crippen molar-refractivity contribution in [3.8, 4) is 0 Å². The van der Waals surface area contributed by atoms with Crippen molar-refractivity contribution in [2.24, 2.45) is 0 Å². The third-order valence-corrected chi connectivity index (χ3v) is 9.55. The first-order valence-electron chi connectivity index (χ1n) is 12.1. The normalized spacial score (nSPS) is 12.1. The summed E-state index contributed by atoms with van der Waals surface area (Å²) in [6.45, 7) is 3.88. The minimum absolute atomic E-state index is 0.0475. The maximum absolute atomic E-state index is 13.8. The molecular weight excluding hydrogens is 565 g/mol. The zero-order valence-corrected chi connectivity index (χ0v) is 23.6. The summed E-state index contributed by atoms with van der Waals surface area (Å²) in [7, 11) is -7.88. The number of unbranched alkanes of at least 4 members (excludes halogenated alkanes) is 1. The Hall–Kier alpha value is -3.25. The smallest absolute Gasteiger partial charge is 0.269 e. The number of amides is 1. The van der Waals surface area contributed by atoms with Crippen LogP contribution >= 0.6 is 11.6 Å². The number of carbonyl (C=O) groups is 1. The highest BCUT2D eigenvalue weighted by Gasteiger charge is 2.30. The van der Waals surface area contributed by atoms with Gasteiger partial charge in [0, 0.05) is 29.0 Å². The van der Waals surface area contributed by atoms with Gasteiger partial charge in [0.2, 0.25) is 19.9 Å². The summed E-state index contributed by atoms with van der Waals surface area (Å²) in [6, 6.07) is 14.2. The van der Waals surface area contributed by atoms with Crippen molar-refractivity contribution in [3.05, 3.63) is 88.3 Å². The van der Waals surface area contributed by atoms with Crippen molar-refractivity contribution >= 4 is 48.3 Å². The van der Waals surface area contributed by atoms with Crippen molar-refractivity contribution in [2.75, 3.05) is 13.1 Å². The molecule has 0 unspecified atom stereocenters. The van der Waals surface area contributed by atoms with Gasteiger partial charge in [-0.2, -0.15) is 0 Å². The molecule has 0 aliphatic rings. The largest absolute Gasteiger partial charge is 0.351 e. The molecule has 0 aliphatic heterocycles. The van der Waals surface area contributed by atoms with E-state index in [2.05, 4.69) is 15.0 Å². The monoisotopic (exact) mass is 591 g/mol. The minimum Gasteiger partial charge on any atom is -0.351 e. The third kappa shape index (κ3) is 6.50. The molecule has 0 saturated heterocycles. The number of sulfone groups is 1. The second-order valence-electron chi connectivity index (χ2n) is 9.16. The van der Waals surface area contributed by atoms with Crippen molar-refractivity contribution in [1.29, 1.82) is 0 Å². The van der Waals surface area contributed by atoms with Gasteiger partial charge in [-0.1, -0.05) is 17.7 Å². The zero-order chi connectivity index (χ0) is 28.4. The predicted molar refractivity (Wildman–Crippen MR) is 148 cm³/mol. The van der Waals surface area contributed by atoms with Gasteiger partial charge in [-0.05, 0) is 92.4 Å². The maximum Gasteiger partial charge on any atom is 0.269 e. The number of hydrogen-bond acceptors (Lipinski definition) is 5. The summed E-state index contributed by atoms with van der Waals surface area (Å²) in [5, 5.41) is 3.34. The summed E-state index contributed by atoms with van der Waals surface area (Å²) in [5.41, 5.74) is 1.88. The van der Waals surface area contributed by atoms with Gasteiger partial charge in [-0.15, -0.1) is 0 Å². The van der Waals surface area contributed by atoms with Crippen molar-refractivity contribution in [3.63, 3.8) is 0 Å². The molecule has 0 bridgehead atoms. The lowest BCUT2D eigenvalue weighted by atomic mass is 10.2. The Balaban J connectivity index is 1.48. The summed E-state index contributed by atoms with van der Waals surface area (Å²) in [4.78, 5) is 15.9. The minimum atomic E-state index is -4.10. The quantitative estimate of drug-likeness (QED) is 0.226. The Morgan fingerprint density at radius 3 is 2.18 bits per heavy atom. The Bertz CT molecular complexity index is 1730. The van der Waals surface area contributed by atoms with Gasteiger partial charge in [-0.25, -0.2) is 25.9 Å². The van der Waals surface area contributed by atoms with Crippen molar-refractivity contribution in [1.82, 2.24) is 15.0 Å². The average Bonchev–Trinajstić information content (AvgIpc) is 3.25. The van der Waals surface area contributed by atoms with Gasteiger partial charge in [0.1, 0.15) is 16.4 Å². The van der Waals surface area contributed by atoms with Crippen molar-refractivity contribution < 1.29 is 26.0 Å². The number of H-pyrrole nitrogens is 1. The molecule has 12 heteroatoms. The number of benzene rings is 3. The van der Waals surface area contributed by atoms with E-state index in [0.29, 0.717) is 28.8 Å². The molecule has 1 heterocycles. The van der Waals surface area contributed by atoms with Crippen LogP contribution in [-0.4, -0.2) is 40.8 Å². The first-order valence-corrected chi connectivity index (χ1v) is 15.4. The van der Waals surface area contributed by atoms with E-state index in [4.69, 9.17) is 11.6 Å². The summed E-state index contributed by atoms with van der Waals surface area (Å²) >= 11 is 6.16. The molecule has 1 aromatic heterocycles. The standard InChI is InChI=1S/C27H27ClFN3O5S2/c1-17-13-18(2)15-22(14-17)38(34,35)26-23-16-19(28)5-10-24(23)32-25(26)27(33)30-11-3-4-12-31-39(36,37)21-8-6-20(29)7-9-21/h5-10,13-16,31-32H,3-4,11-12H2,1-2H3,(H,30,33). The van der Waals surface area contributed by atoms with Gasteiger partial charge in [0.25, 0.3) is 5.91 Å². The molecule has 8 nitrogen and oxygen atoms in total. The van der Waals surface area contributed by atoms with Crippen LogP contribution < -0.4 is 10.0 Å². The lowest BCUT2D eigenvalue weighted by Crippen LogP contribution is -2.28. The average molecular weight is 592 g/mol. The van der Waals surface area contributed by atoms with E-state index in [1.54, 1.807) is 38.1 Å². The molecule has 39 heavy (non-hydrogen) atoms. The molecule has 0 spiro atoms. The van der Waals surface area contributed by atoms with Crippen LogP contribution in [0.4, 0.5) is 4.39 Å². The SMILES string of the molecule is Cc1cc(C)cc(S(=O)(=O)c2c(C(=O)NCCCCNS(=O)(=O)c3ccc(F)cc3)[nH]c3ccc(Cl)cc23)c1. The van der Waals surface area contributed by atoms with Gasteiger partial charge in [0.15, 0.2) is 0 Å². The van der Waals surface area contributed by atoms with E-state index in [0.717, 1.165) is 23.3 Å². The Labute approximate surface area is 231 Å². The first kappa shape index (κ1) is 28.8. The van der Waals surface area contributed by atoms with Crippen LogP contribution in [0.5, 0.6) is 0 Å². The predicted octanol–water partition coefficient (Wildman–Crippen LogP) is 4.90. The molecule has 4 aromatic rings. The fourth-order valence-electron chi connectivity index (χ4n) is 4.23. The molecule has 0 aliphatic carbocycles. The molecule has 0 saturated carbocycles. The number of aromatic nitrogens is 1. The highest BCUT2D eigenvalue weighted by atomic mass is 35.5. The first-order chi connectivity index (χ1) is 18.4. The number of nitrogens with one attached hydrogen (secondary N) is 3. The van der Waals surface area contributed by atoms with Crippen LogP contribution in [0.15, 0.2) is 75.4 Å². The Morgan fingerprint density at radius 1 is 0.872 bits per heavy atom. The number of carbonyl (C=O) groups excluding carboxylic acids is 1. The molecule has 4 rings (SSSR count). The third-order valence-electron chi connectivity index (χ3n) is 6.02. The second-order valence-corrected chi connectivity index (χ2v) is 13.3. The molecule has 206 valence electrons. The molecule has 0 fully saturated rings. The maximum atomic E-state index is 13.8. The molecule has 0 atom stereocenters. The van der Waals surface area contributed by atoms with Crippen molar-refractivity contribution in [2.45, 2.75) is 41.4 Å². The van der Waals surface area contributed by atoms with E-state index in [1.165, 1.54) is 18.2 Å². The van der Waals surface area contributed by atoms with E-state index < -0.39 is 31.6 Å².